The van der Waals surface area contributed by atoms with Crippen molar-refractivity contribution in [1.29, 1.82) is 0 Å². The van der Waals surface area contributed by atoms with E-state index >= 15 is 0 Å². The minimum Gasteiger partial charge on any atom is -0.393 e. The third kappa shape index (κ3) is 33.8. The SMILES string of the molecule is CCCCCCCCCCCC/C=C/CC/C=C/C(O)C(COP(=O)(O)OCCN)NC(=O)CC(O)CCCCCCCCCCCCC. The van der Waals surface area contributed by atoms with Gasteiger partial charge >= 0.3 is 7.82 Å². The molecule has 10 heteroatoms. The van der Waals surface area contributed by atoms with Crippen LogP contribution in [0.1, 0.15) is 181 Å². The Morgan fingerprint density at radius 1 is 0.694 bits per heavy atom. The molecule has 0 saturated carbocycles. The molecule has 0 aliphatic carbocycles. The van der Waals surface area contributed by atoms with E-state index in [2.05, 4.69) is 31.3 Å². The van der Waals surface area contributed by atoms with Crippen LogP contribution in [-0.2, 0) is 18.4 Å². The van der Waals surface area contributed by atoms with E-state index in [0.717, 1.165) is 32.1 Å². The Labute approximate surface area is 300 Å². The number of amides is 1. The number of aliphatic hydroxyl groups excluding tert-OH is 2. The topological polar surface area (TPSA) is 151 Å². The lowest BCUT2D eigenvalue weighted by Gasteiger charge is -2.24. The van der Waals surface area contributed by atoms with Crippen LogP contribution < -0.4 is 11.1 Å². The van der Waals surface area contributed by atoms with E-state index in [1.165, 1.54) is 116 Å². The summed E-state index contributed by atoms with van der Waals surface area (Å²) in [6.45, 7) is 3.93. The molecule has 49 heavy (non-hydrogen) atoms. The van der Waals surface area contributed by atoms with Gasteiger partial charge in [-0.2, -0.15) is 0 Å². The highest BCUT2D eigenvalue weighted by atomic mass is 31.2. The predicted octanol–water partition coefficient (Wildman–Crippen LogP) is 9.58. The molecule has 0 aromatic rings. The molecule has 0 aliphatic heterocycles. The lowest BCUT2D eigenvalue weighted by atomic mass is 10.0. The normalized spacial score (nSPS) is 15.1. The maximum Gasteiger partial charge on any atom is 0.472 e. The lowest BCUT2D eigenvalue weighted by molar-refractivity contribution is -0.124. The fourth-order valence-corrected chi connectivity index (χ4v) is 6.54. The van der Waals surface area contributed by atoms with Crippen molar-refractivity contribution >= 4 is 13.7 Å². The molecule has 0 spiro atoms. The Kier molecular flexibility index (Phi) is 34.6. The van der Waals surface area contributed by atoms with Gasteiger partial charge in [0.2, 0.25) is 5.91 Å². The first-order valence-corrected chi connectivity index (χ1v) is 21.5. The molecule has 9 nitrogen and oxygen atoms in total. The van der Waals surface area contributed by atoms with Gasteiger partial charge in [0.25, 0.3) is 0 Å². The van der Waals surface area contributed by atoms with Crippen LogP contribution >= 0.6 is 7.82 Å². The van der Waals surface area contributed by atoms with Crippen molar-refractivity contribution in [1.82, 2.24) is 5.32 Å². The van der Waals surface area contributed by atoms with Crippen LogP contribution in [0.3, 0.4) is 0 Å². The second-order valence-electron chi connectivity index (χ2n) is 13.7. The van der Waals surface area contributed by atoms with Gasteiger partial charge in [0.1, 0.15) is 0 Å². The fourth-order valence-electron chi connectivity index (χ4n) is 5.78. The van der Waals surface area contributed by atoms with Crippen molar-refractivity contribution in [2.75, 3.05) is 19.8 Å². The highest BCUT2D eigenvalue weighted by Gasteiger charge is 2.27. The number of carbonyl (C=O) groups is 1. The smallest absolute Gasteiger partial charge is 0.393 e. The van der Waals surface area contributed by atoms with E-state index in [9.17, 15) is 24.5 Å². The molecule has 4 atom stereocenters. The van der Waals surface area contributed by atoms with E-state index in [1.807, 2.05) is 6.08 Å². The first-order valence-electron chi connectivity index (χ1n) is 20.0. The number of hydrogen-bond donors (Lipinski definition) is 5. The fraction of sp³-hybridized carbons (Fsp3) is 0.872. The van der Waals surface area contributed by atoms with Gasteiger partial charge in [-0.05, 0) is 32.1 Å². The van der Waals surface area contributed by atoms with Gasteiger partial charge in [-0.15, -0.1) is 0 Å². The summed E-state index contributed by atoms with van der Waals surface area (Å²) in [7, 11) is -4.40. The van der Waals surface area contributed by atoms with E-state index in [0.29, 0.717) is 12.8 Å². The summed E-state index contributed by atoms with van der Waals surface area (Å²) in [5.41, 5.74) is 5.35. The predicted molar refractivity (Wildman–Crippen MR) is 204 cm³/mol. The molecule has 6 N–H and O–H groups in total. The quantitative estimate of drug-likeness (QED) is 0.0242. The summed E-state index contributed by atoms with van der Waals surface area (Å²) in [4.78, 5) is 22.6. The zero-order valence-corrected chi connectivity index (χ0v) is 32.4. The summed E-state index contributed by atoms with van der Waals surface area (Å²) in [5.74, 6) is -0.456. The molecule has 290 valence electrons. The van der Waals surface area contributed by atoms with Crippen molar-refractivity contribution in [3.63, 3.8) is 0 Å². The third-order valence-electron chi connectivity index (χ3n) is 8.83. The summed E-state index contributed by atoms with van der Waals surface area (Å²) >= 11 is 0. The molecule has 0 fully saturated rings. The average Bonchev–Trinajstić information content (AvgIpc) is 3.07. The van der Waals surface area contributed by atoms with Crippen molar-refractivity contribution in [2.45, 2.75) is 199 Å². The number of allylic oxidation sites excluding steroid dienone is 3. The second-order valence-corrected chi connectivity index (χ2v) is 15.1. The molecule has 0 aliphatic rings. The van der Waals surface area contributed by atoms with Gasteiger partial charge < -0.3 is 26.2 Å². The number of phosphoric acid groups is 1. The molecule has 0 aromatic carbocycles. The summed E-state index contributed by atoms with van der Waals surface area (Å²) < 4.78 is 22.0. The highest BCUT2D eigenvalue weighted by Crippen LogP contribution is 2.43. The van der Waals surface area contributed by atoms with Crippen LogP contribution in [0.25, 0.3) is 0 Å². The number of phosphoric ester groups is 1. The van der Waals surface area contributed by atoms with Gasteiger partial charge in [-0.25, -0.2) is 4.57 Å². The molecular formula is C39H77N2O7P. The molecule has 0 radical (unpaired) electrons. The van der Waals surface area contributed by atoms with Crippen LogP contribution in [0.15, 0.2) is 24.3 Å². The Hall–Kier alpha value is -1.06. The van der Waals surface area contributed by atoms with Crippen molar-refractivity contribution in [3.05, 3.63) is 24.3 Å². The molecule has 4 unspecified atom stereocenters. The summed E-state index contributed by atoms with van der Waals surface area (Å²) in [5, 5.41) is 23.9. The molecule has 0 rings (SSSR count). The molecule has 0 saturated heterocycles. The largest absolute Gasteiger partial charge is 0.472 e. The van der Waals surface area contributed by atoms with Crippen LogP contribution in [0.5, 0.6) is 0 Å². The zero-order valence-electron chi connectivity index (χ0n) is 31.5. The monoisotopic (exact) mass is 717 g/mol. The second kappa shape index (κ2) is 35.3. The van der Waals surface area contributed by atoms with Crippen molar-refractivity contribution in [3.8, 4) is 0 Å². The van der Waals surface area contributed by atoms with E-state index in [1.54, 1.807) is 6.08 Å². The maximum atomic E-state index is 12.7. The molecular weight excluding hydrogens is 639 g/mol. The van der Waals surface area contributed by atoms with E-state index in [-0.39, 0.29) is 19.6 Å². The number of rotatable bonds is 37. The van der Waals surface area contributed by atoms with Gasteiger partial charge in [0.15, 0.2) is 0 Å². The number of nitrogens with two attached hydrogens (primary N) is 1. The number of aliphatic hydroxyl groups is 2. The molecule has 1 amide bonds. The van der Waals surface area contributed by atoms with Crippen molar-refractivity contribution in [2.24, 2.45) is 5.73 Å². The molecule has 0 bridgehead atoms. The summed E-state index contributed by atoms with van der Waals surface area (Å²) in [6.07, 6.45) is 35.5. The van der Waals surface area contributed by atoms with E-state index in [4.69, 9.17) is 14.8 Å². The number of nitrogens with one attached hydrogen (secondary N) is 1. The zero-order chi connectivity index (χ0) is 36.3. The third-order valence-corrected chi connectivity index (χ3v) is 9.82. The number of carbonyl (C=O) groups excluding carboxylic acids is 1. The van der Waals surface area contributed by atoms with Crippen LogP contribution in [0, 0.1) is 0 Å². The first kappa shape index (κ1) is 47.9. The Bertz CT molecular complexity index is 842. The van der Waals surface area contributed by atoms with Crippen LogP contribution in [-0.4, -0.2) is 59.0 Å². The van der Waals surface area contributed by atoms with Gasteiger partial charge in [0.05, 0.1) is 37.9 Å². The highest BCUT2D eigenvalue weighted by molar-refractivity contribution is 7.47. The van der Waals surface area contributed by atoms with Gasteiger partial charge in [-0.1, -0.05) is 167 Å². The van der Waals surface area contributed by atoms with Gasteiger partial charge in [-0.3, -0.25) is 13.8 Å². The number of hydrogen-bond acceptors (Lipinski definition) is 7. The summed E-state index contributed by atoms with van der Waals surface area (Å²) in [6, 6.07) is -0.994. The first-order chi connectivity index (χ1) is 23.8. The van der Waals surface area contributed by atoms with Crippen molar-refractivity contribution < 1.29 is 33.5 Å². The lowest BCUT2D eigenvalue weighted by Crippen LogP contribution is -2.46. The van der Waals surface area contributed by atoms with Crippen LogP contribution in [0.4, 0.5) is 0 Å². The Morgan fingerprint density at radius 3 is 1.69 bits per heavy atom. The van der Waals surface area contributed by atoms with Gasteiger partial charge in [0, 0.05) is 6.54 Å². The molecule has 0 heterocycles. The minimum absolute atomic E-state index is 0.0458. The number of unbranched alkanes of at least 4 members (excludes halogenated alkanes) is 21. The standard InChI is InChI=1S/C39H77N2O7P/c1-3-5-7-9-11-13-15-16-17-18-19-21-23-25-27-29-31-38(43)37(35-48-49(45,46)47-33-32-40)41-39(44)34-36(42)30-28-26-24-22-20-14-12-10-8-6-4-2/h21,23,29,31,36-38,42-43H,3-20,22,24-28,30,32-35,40H2,1-2H3,(H,41,44)(H,45,46)/b23-21+,31-29+. The molecule has 0 aromatic heterocycles. The maximum absolute atomic E-state index is 12.7. The Balaban J connectivity index is 4.45. The minimum atomic E-state index is -4.40. The van der Waals surface area contributed by atoms with E-state index < -0.39 is 38.6 Å². The van der Waals surface area contributed by atoms with Crippen LogP contribution in [0.2, 0.25) is 0 Å². The average molecular weight is 717 g/mol. The Morgan fingerprint density at radius 2 is 1.16 bits per heavy atom.